The molecule has 2 aromatic rings. The van der Waals surface area contributed by atoms with Crippen molar-refractivity contribution in [3.63, 3.8) is 0 Å². The van der Waals surface area contributed by atoms with Crippen LogP contribution in [-0.2, 0) is 25.7 Å². The molecule has 1 aliphatic rings. The van der Waals surface area contributed by atoms with E-state index in [4.69, 9.17) is 30.5 Å². The van der Waals surface area contributed by atoms with E-state index in [1.54, 1.807) is 45.9 Å². The van der Waals surface area contributed by atoms with Crippen LogP contribution in [0.2, 0.25) is 5.02 Å². The van der Waals surface area contributed by atoms with Crippen LogP contribution in [-0.4, -0.2) is 31.8 Å². The highest BCUT2D eigenvalue weighted by atomic mass is 35.5. The molecule has 0 unspecified atom stereocenters. The van der Waals surface area contributed by atoms with Crippen LogP contribution in [0.3, 0.4) is 0 Å². The molecule has 36 heavy (non-hydrogen) atoms. The first-order valence-electron chi connectivity index (χ1n) is 12.0. The zero-order valence-electron chi connectivity index (χ0n) is 21.3. The number of dihydropyridines is 1. The smallest absolute Gasteiger partial charge is 0.336 e. The Hall–Kier alpha value is -3.45. The maximum Gasteiger partial charge on any atom is 0.336 e. The van der Waals surface area contributed by atoms with Gasteiger partial charge in [0.1, 0.15) is 6.61 Å². The van der Waals surface area contributed by atoms with Crippen molar-refractivity contribution in [2.75, 3.05) is 19.8 Å². The van der Waals surface area contributed by atoms with E-state index < -0.39 is 17.9 Å². The van der Waals surface area contributed by atoms with Gasteiger partial charge in [0.05, 0.1) is 36.9 Å². The van der Waals surface area contributed by atoms with E-state index in [-0.39, 0.29) is 19.8 Å². The molecular formula is C28H32ClNO6. The quantitative estimate of drug-likeness (QED) is 0.409. The third-order valence-electron chi connectivity index (χ3n) is 5.69. The lowest BCUT2D eigenvalue weighted by Gasteiger charge is -2.30. The fourth-order valence-electron chi connectivity index (χ4n) is 4.15. The molecule has 0 aliphatic carbocycles. The van der Waals surface area contributed by atoms with E-state index in [0.717, 1.165) is 5.56 Å². The van der Waals surface area contributed by atoms with Gasteiger partial charge < -0.3 is 24.3 Å². The van der Waals surface area contributed by atoms with Gasteiger partial charge >= 0.3 is 11.9 Å². The molecule has 1 heterocycles. The second-order valence-electron chi connectivity index (χ2n) is 8.10. The summed E-state index contributed by atoms with van der Waals surface area (Å²) in [6.07, 6.45) is 0. The molecule has 0 bridgehead atoms. The van der Waals surface area contributed by atoms with Crippen molar-refractivity contribution >= 4 is 23.5 Å². The number of hydrogen-bond acceptors (Lipinski definition) is 7. The van der Waals surface area contributed by atoms with Crippen LogP contribution in [0.25, 0.3) is 0 Å². The molecule has 7 nitrogen and oxygen atoms in total. The molecule has 3 rings (SSSR count). The van der Waals surface area contributed by atoms with Gasteiger partial charge in [0.25, 0.3) is 0 Å². The summed E-state index contributed by atoms with van der Waals surface area (Å²) in [6, 6.07) is 12.8. The summed E-state index contributed by atoms with van der Waals surface area (Å²) in [6.45, 7) is 10.00. The van der Waals surface area contributed by atoms with Gasteiger partial charge in [-0.2, -0.15) is 0 Å². The minimum atomic E-state index is -0.707. The van der Waals surface area contributed by atoms with Gasteiger partial charge in [0.2, 0.25) is 0 Å². The lowest BCUT2D eigenvalue weighted by atomic mass is 9.80. The number of allylic oxidation sites excluding steroid dienone is 2. The molecule has 0 spiro atoms. The summed E-state index contributed by atoms with van der Waals surface area (Å²) in [7, 11) is 0. The number of esters is 2. The maximum atomic E-state index is 13.0. The van der Waals surface area contributed by atoms with Crippen molar-refractivity contribution in [2.45, 2.75) is 47.1 Å². The largest absolute Gasteiger partial charge is 0.490 e. The van der Waals surface area contributed by atoms with Gasteiger partial charge in [0, 0.05) is 22.0 Å². The van der Waals surface area contributed by atoms with E-state index >= 15 is 0 Å². The second kappa shape index (κ2) is 12.5. The average molecular weight is 514 g/mol. The fraction of sp³-hybridized carbons (Fsp3) is 0.357. The summed E-state index contributed by atoms with van der Waals surface area (Å²) in [5.41, 5.74) is 3.43. The monoisotopic (exact) mass is 513 g/mol. The second-order valence-corrected chi connectivity index (χ2v) is 8.50. The van der Waals surface area contributed by atoms with Gasteiger partial charge in [-0.3, -0.25) is 0 Å². The van der Waals surface area contributed by atoms with Gasteiger partial charge in [-0.1, -0.05) is 35.9 Å². The Morgan fingerprint density at radius 1 is 0.833 bits per heavy atom. The maximum absolute atomic E-state index is 13.0. The first kappa shape index (κ1) is 27.1. The molecule has 8 heteroatoms. The first-order valence-corrected chi connectivity index (χ1v) is 12.4. The SMILES string of the molecule is CCOC(=O)C1=C(C)NC(C)=C(C(=O)OCC)C1c1ccc(OCc2ccccc2Cl)c(OCC)c1. The van der Waals surface area contributed by atoms with E-state index in [0.29, 0.717) is 51.2 Å². The number of benzene rings is 2. The summed E-state index contributed by atoms with van der Waals surface area (Å²) in [5, 5.41) is 3.75. The molecule has 0 fully saturated rings. The zero-order valence-corrected chi connectivity index (χ0v) is 22.0. The van der Waals surface area contributed by atoms with Crippen molar-refractivity contribution in [2.24, 2.45) is 0 Å². The Bertz CT molecular complexity index is 1150. The molecule has 0 amide bonds. The highest BCUT2D eigenvalue weighted by Crippen LogP contribution is 2.42. The Morgan fingerprint density at radius 2 is 1.44 bits per heavy atom. The van der Waals surface area contributed by atoms with Crippen molar-refractivity contribution < 1.29 is 28.5 Å². The number of hydrogen-bond donors (Lipinski definition) is 1. The third kappa shape index (κ3) is 6.02. The molecule has 1 aliphatic heterocycles. The predicted octanol–water partition coefficient (Wildman–Crippen LogP) is 5.68. The Balaban J connectivity index is 2.07. The molecule has 0 saturated heterocycles. The highest BCUT2D eigenvalue weighted by molar-refractivity contribution is 6.31. The van der Waals surface area contributed by atoms with Crippen LogP contribution >= 0.6 is 11.6 Å². The number of halogens is 1. The van der Waals surface area contributed by atoms with Gasteiger partial charge in [-0.15, -0.1) is 0 Å². The van der Waals surface area contributed by atoms with E-state index in [1.165, 1.54) is 0 Å². The third-order valence-corrected chi connectivity index (χ3v) is 6.06. The average Bonchev–Trinajstić information content (AvgIpc) is 2.84. The van der Waals surface area contributed by atoms with Gasteiger partial charge in [-0.05, 0) is 58.4 Å². The summed E-state index contributed by atoms with van der Waals surface area (Å²) >= 11 is 6.27. The van der Waals surface area contributed by atoms with Crippen molar-refractivity contribution in [3.8, 4) is 11.5 Å². The van der Waals surface area contributed by atoms with Crippen molar-refractivity contribution in [3.05, 3.63) is 81.2 Å². The number of nitrogens with one attached hydrogen (secondary N) is 1. The highest BCUT2D eigenvalue weighted by Gasteiger charge is 2.38. The first-order chi connectivity index (χ1) is 17.3. The summed E-state index contributed by atoms with van der Waals surface area (Å²) in [4.78, 5) is 26.1. The minimum absolute atomic E-state index is 0.207. The topological polar surface area (TPSA) is 83.1 Å². The van der Waals surface area contributed by atoms with Crippen molar-refractivity contribution in [1.29, 1.82) is 0 Å². The van der Waals surface area contributed by atoms with Crippen molar-refractivity contribution in [1.82, 2.24) is 5.32 Å². The molecule has 0 atom stereocenters. The number of carbonyl (C=O) groups is 2. The van der Waals surface area contributed by atoms with Crippen LogP contribution in [0.15, 0.2) is 65.0 Å². The van der Waals surface area contributed by atoms with Crippen LogP contribution in [0.4, 0.5) is 0 Å². The Labute approximate surface area is 217 Å². The molecule has 0 radical (unpaired) electrons. The number of carbonyl (C=O) groups excluding carboxylic acids is 2. The lowest BCUT2D eigenvalue weighted by molar-refractivity contribution is -0.139. The summed E-state index contributed by atoms with van der Waals surface area (Å²) < 4.78 is 22.6. The van der Waals surface area contributed by atoms with Crippen LogP contribution < -0.4 is 14.8 Å². The van der Waals surface area contributed by atoms with Gasteiger partial charge in [-0.25, -0.2) is 9.59 Å². The lowest BCUT2D eigenvalue weighted by Crippen LogP contribution is -2.32. The minimum Gasteiger partial charge on any atom is -0.490 e. The molecule has 0 saturated carbocycles. The van der Waals surface area contributed by atoms with E-state index in [1.807, 2.05) is 31.2 Å². The molecule has 0 aromatic heterocycles. The molecule has 1 N–H and O–H groups in total. The predicted molar refractivity (Wildman–Crippen MR) is 138 cm³/mol. The standard InChI is InChI=1S/C28H32ClNO6/c1-6-33-23-15-19(13-14-22(23)36-16-20-11-9-10-12-21(20)29)26-24(27(31)34-7-2)17(4)30-18(5)25(26)28(32)35-8-3/h9-15,26,30H,6-8,16H2,1-5H3. The van der Waals surface area contributed by atoms with Gasteiger partial charge in [0.15, 0.2) is 11.5 Å². The van der Waals surface area contributed by atoms with E-state index in [9.17, 15) is 9.59 Å². The fourth-order valence-corrected chi connectivity index (χ4v) is 4.34. The van der Waals surface area contributed by atoms with Crippen LogP contribution in [0, 0.1) is 0 Å². The zero-order chi connectivity index (χ0) is 26.2. The Morgan fingerprint density at radius 3 is 2.00 bits per heavy atom. The number of rotatable bonds is 10. The number of ether oxygens (including phenoxy) is 4. The van der Waals surface area contributed by atoms with Crippen LogP contribution in [0.5, 0.6) is 11.5 Å². The van der Waals surface area contributed by atoms with E-state index in [2.05, 4.69) is 5.32 Å². The summed E-state index contributed by atoms with van der Waals surface area (Å²) in [5.74, 6) is -0.702. The Kier molecular flexibility index (Phi) is 9.42. The van der Waals surface area contributed by atoms with Crippen LogP contribution in [0.1, 0.15) is 51.7 Å². The normalized spacial score (nSPS) is 13.8. The molecule has 192 valence electrons. The molecular weight excluding hydrogens is 482 g/mol. The molecule has 2 aromatic carbocycles.